The highest BCUT2D eigenvalue weighted by atomic mass is 35.5. The molecule has 2 heterocycles. The van der Waals surface area contributed by atoms with Crippen LogP contribution in [0.15, 0.2) is 23.6 Å². The summed E-state index contributed by atoms with van der Waals surface area (Å²) in [6.45, 7) is 1.80. The number of thiophene rings is 1. The molecule has 17 heavy (non-hydrogen) atoms. The molecule has 0 radical (unpaired) electrons. The number of benzene rings is 1. The van der Waals surface area contributed by atoms with Gasteiger partial charge in [-0.1, -0.05) is 17.7 Å². The number of halogens is 2. The Bertz CT molecular complexity index is 603. The summed E-state index contributed by atoms with van der Waals surface area (Å²) >= 11 is 7.60. The van der Waals surface area contributed by atoms with Crippen LogP contribution in [0, 0.1) is 5.82 Å². The summed E-state index contributed by atoms with van der Waals surface area (Å²) in [5.74, 6) is -0.188. The molecule has 0 amide bonds. The van der Waals surface area contributed by atoms with Crippen LogP contribution in [-0.4, -0.2) is 13.1 Å². The standard InChI is InChI=1S/C13H11ClFNS/c14-10-3-4-11(15)12-9(7-17-13(10)12)8-2-1-5-16-6-8/h2-4,7,16H,1,5-6H2. The Balaban J connectivity index is 2.24. The molecule has 0 saturated heterocycles. The van der Waals surface area contributed by atoms with Crippen LogP contribution >= 0.6 is 22.9 Å². The maximum Gasteiger partial charge on any atom is 0.132 e. The molecule has 4 heteroatoms. The number of hydrogen-bond acceptors (Lipinski definition) is 2. The van der Waals surface area contributed by atoms with E-state index in [1.807, 2.05) is 5.38 Å². The quantitative estimate of drug-likeness (QED) is 0.821. The summed E-state index contributed by atoms with van der Waals surface area (Å²) in [4.78, 5) is 0. The fourth-order valence-electron chi connectivity index (χ4n) is 2.16. The molecule has 0 unspecified atom stereocenters. The Morgan fingerprint density at radius 1 is 1.35 bits per heavy atom. The highest BCUT2D eigenvalue weighted by Crippen LogP contribution is 2.37. The average molecular weight is 268 g/mol. The molecule has 0 saturated carbocycles. The van der Waals surface area contributed by atoms with Gasteiger partial charge in [0.2, 0.25) is 0 Å². The third-order valence-corrected chi connectivity index (χ3v) is 4.44. The van der Waals surface area contributed by atoms with E-state index in [1.54, 1.807) is 6.07 Å². The van der Waals surface area contributed by atoms with Crippen LogP contribution in [0.2, 0.25) is 5.02 Å². The lowest BCUT2D eigenvalue weighted by Crippen LogP contribution is -2.21. The minimum absolute atomic E-state index is 0.188. The molecule has 1 N–H and O–H groups in total. The van der Waals surface area contributed by atoms with E-state index >= 15 is 0 Å². The van der Waals surface area contributed by atoms with Crippen molar-refractivity contribution in [2.75, 3.05) is 13.1 Å². The number of rotatable bonds is 1. The molecule has 0 bridgehead atoms. The van der Waals surface area contributed by atoms with Gasteiger partial charge in [-0.3, -0.25) is 0 Å². The van der Waals surface area contributed by atoms with Gasteiger partial charge in [0.05, 0.1) is 9.72 Å². The molecule has 3 rings (SSSR count). The van der Waals surface area contributed by atoms with Crippen molar-refractivity contribution in [1.29, 1.82) is 0 Å². The lowest BCUT2D eigenvalue weighted by atomic mass is 10.0. The molecule has 0 fully saturated rings. The second-order valence-electron chi connectivity index (χ2n) is 4.08. The van der Waals surface area contributed by atoms with E-state index in [0.717, 1.165) is 29.8 Å². The second kappa shape index (κ2) is 4.41. The van der Waals surface area contributed by atoms with Gasteiger partial charge in [0.1, 0.15) is 5.82 Å². The molecular formula is C13H11ClFNS. The molecule has 1 nitrogen and oxygen atoms in total. The van der Waals surface area contributed by atoms with Crippen molar-refractivity contribution in [2.24, 2.45) is 0 Å². The Morgan fingerprint density at radius 3 is 3.00 bits per heavy atom. The zero-order valence-corrected chi connectivity index (χ0v) is 10.7. The zero-order valence-electron chi connectivity index (χ0n) is 9.09. The summed E-state index contributed by atoms with van der Waals surface area (Å²) in [7, 11) is 0. The van der Waals surface area contributed by atoms with Gasteiger partial charge >= 0.3 is 0 Å². The summed E-state index contributed by atoms with van der Waals surface area (Å²) < 4.78 is 14.8. The van der Waals surface area contributed by atoms with Crippen molar-refractivity contribution in [3.05, 3.63) is 40.0 Å². The van der Waals surface area contributed by atoms with Gasteiger partial charge in [-0.15, -0.1) is 11.3 Å². The minimum Gasteiger partial charge on any atom is -0.312 e. The second-order valence-corrected chi connectivity index (χ2v) is 5.36. The summed E-state index contributed by atoms with van der Waals surface area (Å²) in [6.07, 6.45) is 3.17. The first-order chi connectivity index (χ1) is 8.27. The van der Waals surface area contributed by atoms with E-state index < -0.39 is 0 Å². The van der Waals surface area contributed by atoms with Gasteiger partial charge in [-0.25, -0.2) is 4.39 Å². The number of fused-ring (bicyclic) bond motifs is 1. The Kier molecular flexibility index (Phi) is 2.90. The lowest BCUT2D eigenvalue weighted by Gasteiger charge is -2.13. The molecule has 0 atom stereocenters. The van der Waals surface area contributed by atoms with E-state index in [4.69, 9.17) is 11.6 Å². The van der Waals surface area contributed by atoms with Crippen LogP contribution < -0.4 is 5.32 Å². The molecule has 0 aliphatic carbocycles. The van der Waals surface area contributed by atoms with E-state index in [9.17, 15) is 4.39 Å². The average Bonchev–Trinajstić information content (AvgIpc) is 2.81. The third kappa shape index (κ3) is 1.88. The van der Waals surface area contributed by atoms with Crippen molar-refractivity contribution < 1.29 is 4.39 Å². The van der Waals surface area contributed by atoms with Crippen molar-refractivity contribution in [1.82, 2.24) is 5.32 Å². The first-order valence-electron chi connectivity index (χ1n) is 5.52. The fourth-order valence-corrected chi connectivity index (χ4v) is 3.46. The molecule has 1 aromatic heterocycles. The molecular weight excluding hydrogens is 257 g/mol. The first kappa shape index (κ1) is 11.2. The predicted molar refractivity (Wildman–Crippen MR) is 72.3 cm³/mol. The van der Waals surface area contributed by atoms with Crippen LogP contribution in [0.1, 0.15) is 12.0 Å². The van der Waals surface area contributed by atoms with Gasteiger partial charge in [0, 0.05) is 17.5 Å². The fraction of sp³-hybridized carbons (Fsp3) is 0.231. The lowest BCUT2D eigenvalue weighted by molar-refractivity contribution is 0.640. The van der Waals surface area contributed by atoms with E-state index in [2.05, 4.69) is 11.4 Å². The molecule has 1 aliphatic rings. The Labute approximate surface area is 108 Å². The normalized spacial score (nSPS) is 16.2. The van der Waals surface area contributed by atoms with Crippen LogP contribution in [0.3, 0.4) is 0 Å². The molecule has 2 aromatic rings. The van der Waals surface area contributed by atoms with Gasteiger partial charge in [0.25, 0.3) is 0 Å². The number of hydrogen-bond donors (Lipinski definition) is 1. The monoisotopic (exact) mass is 267 g/mol. The first-order valence-corrected chi connectivity index (χ1v) is 6.78. The predicted octanol–water partition coefficient (Wildman–Crippen LogP) is 4.07. The zero-order chi connectivity index (χ0) is 11.8. The molecule has 1 aliphatic heterocycles. The SMILES string of the molecule is Fc1ccc(Cl)c2scc(C3=CCCNC3)c12. The van der Waals surface area contributed by atoms with E-state index in [-0.39, 0.29) is 5.82 Å². The largest absolute Gasteiger partial charge is 0.312 e. The van der Waals surface area contributed by atoms with Crippen LogP contribution in [0.5, 0.6) is 0 Å². The maximum absolute atomic E-state index is 13.9. The van der Waals surface area contributed by atoms with Gasteiger partial charge in [0.15, 0.2) is 0 Å². The van der Waals surface area contributed by atoms with E-state index in [1.165, 1.54) is 23.0 Å². The Morgan fingerprint density at radius 2 is 2.24 bits per heavy atom. The highest BCUT2D eigenvalue weighted by molar-refractivity contribution is 7.18. The molecule has 0 spiro atoms. The minimum atomic E-state index is -0.188. The molecule has 1 aromatic carbocycles. The molecule has 88 valence electrons. The summed E-state index contributed by atoms with van der Waals surface area (Å²) in [6, 6.07) is 3.06. The van der Waals surface area contributed by atoms with Gasteiger partial charge in [-0.05, 0) is 36.1 Å². The third-order valence-electron chi connectivity index (χ3n) is 3.00. The highest BCUT2D eigenvalue weighted by Gasteiger charge is 2.15. The maximum atomic E-state index is 13.9. The van der Waals surface area contributed by atoms with Crippen molar-refractivity contribution in [2.45, 2.75) is 6.42 Å². The smallest absolute Gasteiger partial charge is 0.132 e. The summed E-state index contributed by atoms with van der Waals surface area (Å²) in [5, 5.41) is 6.59. The van der Waals surface area contributed by atoms with Crippen LogP contribution in [0.25, 0.3) is 15.7 Å². The van der Waals surface area contributed by atoms with Crippen LogP contribution in [-0.2, 0) is 0 Å². The van der Waals surface area contributed by atoms with Crippen molar-refractivity contribution in [3.63, 3.8) is 0 Å². The topological polar surface area (TPSA) is 12.0 Å². The van der Waals surface area contributed by atoms with Gasteiger partial charge in [-0.2, -0.15) is 0 Å². The number of nitrogens with one attached hydrogen (secondary N) is 1. The van der Waals surface area contributed by atoms with Gasteiger partial charge < -0.3 is 5.32 Å². The van der Waals surface area contributed by atoms with Crippen LogP contribution in [0.4, 0.5) is 4.39 Å². The van der Waals surface area contributed by atoms with Crippen molar-refractivity contribution >= 4 is 38.6 Å². The van der Waals surface area contributed by atoms with E-state index in [0.29, 0.717) is 10.4 Å². The summed E-state index contributed by atoms with van der Waals surface area (Å²) in [5.41, 5.74) is 2.15. The Hall–Kier alpha value is -0.900. The van der Waals surface area contributed by atoms with Crippen molar-refractivity contribution in [3.8, 4) is 0 Å².